The molecule has 2 rings (SSSR count). The maximum Gasteiger partial charge on any atom is 0.223 e. The highest BCUT2D eigenvalue weighted by Gasteiger charge is 2.45. The Bertz CT molecular complexity index is 510. The van der Waals surface area contributed by atoms with Gasteiger partial charge >= 0.3 is 0 Å². The number of methoxy groups -OCH3 is 1. The van der Waals surface area contributed by atoms with E-state index in [9.17, 15) is 18.7 Å². The number of ether oxygens (including phenoxy) is 1. The van der Waals surface area contributed by atoms with E-state index in [0.29, 0.717) is 24.9 Å². The molecule has 1 amide bonds. The zero-order chi connectivity index (χ0) is 15.4. The average Bonchev–Trinajstić information content (AvgIpc) is 3.19. The summed E-state index contributed by atoms with van der Waals surface area (Å²) in [6.07, 6.45) is 0.358. The molecule has 3 atom stereocenters. The second-order valence-electron chi connectivity index (χ2n) is 5.30. The third-order valence-electron chi connectivity index (χ3n) is 3.63. The largest absolute Gasteiger partial charge is 0.391 e. The van der Waals surface area contributed by atoms with Gasteiger partial charge in [-0.2, -0.15) is 0 Å². The maximum atomic E-state index is 13.6. The average molecular weight is 299 g/mol. The number of rotatable bonds is 7. The smallest absolute Gasteiger partial charge is 0.223 e. The van der Waals surface area contributed by atoms with Crippen molar-refractivity contribution in [2.45, 2.75) is 24.9 Å². The van der Waals surface area contributed by atoms with Gasteiger partial charge in [0.15, 0.2) is 0 Å². The van der Waals surface area contributed by atoms with Crippen molar-refractivity contribution in [3.05, 3.63) is 35.4 Å². The Morgan fingerprint density at radius 2 is 2.29 bits per heavy atom. The highest BCUT2D eigenvalue weighted by atomic mass is 19.1. The van der Waals surface area contributed by atoms with Crippen LogP contribution in [0.4, 0.5) is 8.78 Å². The van der Waals surface area contributed by atoms with Crippen molar-refractivity contribution >= 4 is 5.91 Å². The molecule has 1 aliphatic rings. The summed E-state index contributed by atoms with van der Waals surface area (Å²) >= 11 is 0. The monoisotopic (exact) mass is 299 g/mol. The summed E-state index contributed by atoms with van der Waals surface area (Å²) in [5, 5.41) is 12.2. The Morgan fingerprint density at radius 3 is 2.95 bits per heavy atom. The molecule has 1 aromatic rings. The van der Waals surface area contributed by atoms with Crippen LogP contribution < -0.4 is 5.32 Å². The summed E-state index contributed by atoms with van der Waals surface area (Å²) in [6, 6.07) is 3.43. The zero-order valence-electron chi connectivity index (χ0n) is 11.8. The first-order chi connectivity index (χ1) is 10.0. The van der Waals surface area contributed by atoms with E-state index in [-0.39, 0.29) is 24.3 Å². The van der Waals surface area contributed by atoms with Crippen LogP contribution in [0.2, 0.25) is 0 Å². The number of aliphatic hydroxyl groups is 1. The molecule has 1 fully saturated rings. The van der Waals surface area contributed by atoms with Gasteiger partial charge in [0.1, 0.15) is 11.6 Å². The Hall–Kier alpha value is -1.53. The second-order valence-corrected chi connectivity index (χ2v) is 5.30. The number of carbonyl (C=O) groups excluding carboxylic acids is 1. The first kappa shape index (κ1) is 15.9. The van der Waals surface area contributed by atoms with E-state index in [1.165, 1.54) is 19.2 Å². The number of halogens is 2. The van der Waals surface area contributed by atoms with E-state index in [2.05, 4.69) is 5.32 Å². The lowest BCUT2D eigenvalue weighted by Crippen LogP contribution is -2.29. The summed E-state index contributed by atoms with van der Waals surface area (Å²) in [6.45, 7) is 0.571. The Morgan fingerprint density at radius 1 is 1.52 bits per heavy atom. The quantitative estimate of drug-likeness (QED) is 0.804. The number of carbonyl (C=O) groups is 1. The van der Waals surface area contributed by atoms with E-state index < -0.39 is 17.7 Å². The molecule has 6 heteroatoms. The number of aliphatic hydroxyl groups excluding tert-OH is 1. The molecule has 0 bridgehead atoms. The summed E-state index contributed by atoms with van der Waals surface area (Å²) < 4.78 is 31.2. The van der Waals surface area contributed by atoms with E-state index in [1.54, 1.807) is 0 Å². The van der Waals surface area contributed by atoms with Crippen LogP contribution in [0.25, 0.3) is 0 Å². The number of hydrogen-bond acceptors (Lipinski definition) is 3. The van der Waals surface area contributed by atoms with Crippen molar-refractivity contribution in [2.24, 2.45) is 5.92 Å². The van der Waals surface area contributed by atoms with Crippen molar-refractivity contribution in [1.29, 1.82) is 0 Å². The topological polar surface area (TPSA) is 58.6 Å². The number of nitrogens with one attached hydrogen (secondary N) is 1. The number of benzene rings is 1. The Kier molecular flexibility index (Phi) is 5.25. The predicted octanol–water partition coefficient (Wildman–Crippen LogP) is 1.58. The van der Waals surface area contributed by atoms with Gasteiger partial charge in [-0.1, -0.05) is 6.07 Å². The lowest BCUT2D eigenvalue weighted by molar-refractivity contribution is -0.122. The van der Waals surface area contributed by atoms with E-state index in [1.807, 2.05) is 0 Å². The maximum absolute atomic E-state index is 13.6. The summed E-state index contributed by atoms with van der Waals surface area (Å²) in [5.74, 6) is -1.84. The molecule has 0 aromatic heterocycles. The molecule has 0 aliphatic heterocycles. The van der Waals surface area contributed by atoms with Gasteiger partial charge in [-0.25, -0.2) is 8.78 Å². The van der Waals surface area contributed by atoms with Crippen LogP contribution >= 0.6 is 0 Å². The molecule has 21 heavy (non-hydrogen) atoms. The molecule has 2 N–H and O–H groups in total. The van der Waals surface area contributed by atoms with Crippen LogP contribution in [0.3, 0.4) is 0 Å². The molecule has 1 aromatic carbocycles. The van der Waals surface area contributed by atoms with Crippen LogP contribution in [0, 0.1) is 17.6 Å². The summed E-state index contributed by atoms with van der Waals surface area (Å²) in [7, 11) is 1.49. The van der Waals surface area contributed by atoms with Gasteiger partial charge in [0, 0.05) is 25.6 Å². The third kappa shape index (κ3) is 4.22. The van der Waals surface area contributed by atoms with Crippen LogP contribution in [0.1, 0.15) is 24.3 Å². The normalized spacial score (nSPS) is 21.9. The number of hydrogen-bond donors (Lipinski definition) is 2. The molecule has 0 radical (unpaired) electrons. The summed E-state index contributed by atoms with van der Waals surface area (Å²) in [4.78, 5) is 11.9. The Balaban J connectivity index is 1.79. The lowest BCUT2D eigenvalue weighted by Gasteiger charge is -2.10. The highest BCUT2D eigenvalue weighted by molar-refractivity contribution is 5.82. The molecule has 0 spiro atoms. The van der Waals surface area contributed by atoms with E-state index in [0.717, 1.165) is 6.07 Å². The van der Waals surface area contributed by atoms with Gasteiger partial charge in [0.25, 0.3) is 0 Å². The molecule has 1 saturated carbocycles. The minimum Gasteiger partial charge on any atom is -0.391 e. The minimum absolute atomic E-state index is 0.159. The van der Waals surface area contributed by atoms with Crippen molar-refractivity contribution in [2.75, 3.05) is 20.3 Å². The van der Waals surface area contributed by atoms with Crippen LogP contribution in [0.15, 0.2) is 18.2 Å². The van der Waals surface area contributed by atoms with Crippen LogP contribution in [-0.4, -0.2) is 37.4 Å². The molecule has 4 nitrogen and oxygen atoms in total. The SMILES string of the molecule is COCC(O)CCNC(=O)C1CC1c1ccc(F)cc1F. The molecular weight excluding hydrogens is 280 g/mol. The van der Waals surface area contributed by atoms with Gasteiger partial charge in [-0.15, -0.1) is 0 Å². The second kappa shape index (κ2) is 6.95. The van der Waals surface area contributed by atoms with E-state index in [4.69, 9.17) is 4.74 Å². The van der Waals surface area contributed by atoms with Gasteiger partial charge < -0.3 is 15.2 Å². The first-order valence-corrected chi connectivity index (χ1v) is 6.92. The standard InChI is InChI=1S/C15H19F2NO3/c1-21-8-10(19)4-5-18-15(20)13-7-12(13)11-3-2-9(16)6-14(11)17/h2-3,6,10,12-13,19H,4-5,7-8H2,1H3,(H,18,20). The molecule has 3 unspecified atom stereocenters. The van der Waals surface area contributed by atoms with Crippen LogP contribution in [-0.2, 0) is 9.53 Å². The van der Waals surface area contributed by atoms with Crippen molar-refractivity contribution in [1.82, 2.24) is 5.32 Å². The molecule has 116 valence electrons. The first-order valence-electron chi connectivity index (χ1n) is 6.92. The Labute approximate surface area is 122 Å². The van der Waals surface area contributed by atoms with Gasteiger partial charge in [0.2, 0.25) is 5.91 Å². The van der Waals surface area contributed by atoms with Gasteiger partial charge in [0.05, 0.1) is 12.7 Å². The third-order valence-corrected chi connectivity index (χ3v) is 3.63. The zero-order valence-corrected chi connectivity index (χ0v) is 11.8. The molecule has 0 saturated heterocycles. The fourth-order valence-electron chi connectivity index (χ4n) is 2.40. The highest BCUT2D eigenvalue weighted by Crippen LogP contribution is 2.48. The minimum atomic E-state index is -0.620. The van der Waals surface area contributed by atoms with Crippen molar-refractivity contribution < 1.29 is 23.4 Å². The van der Waals surface area contributed by atoms with E-state index >= 15 is 0 Å². The summed E-state index contributed by atoms with van der Waals surface area (Å²) in [5.41, 5.74) is 0.385. The lowest BCUT2D eigenvalue weighted by atomic mass is 10.1. The fourth-order valence-corrected chi connectivity index (χ4v) is 2.40. The van der Waals surface area contributed by atoms with Gasteiger partial charge in [-0.3, -0.25) is 4.79 Å². The predicted molar refractivity (Wildman–Crippen MR) is 72.7 cm³/mol. The van der Waals surface area contributed by atoms with Crippen molar-refractivity contribution in [3.63, 3.8) is 0 Å². The van der Waals surface area contributed by atoms with Crippen molar-refractivity contribution in [3.8, 4) is 0 Å². The van der Waals surface area contributed by atoms with Gasteiger partial charge in [-0.05, 0) is 30.4 Å². The number of amides is 1. The fraction of sp³-hybridized carbons (Fsp3) is 0.533. The molecule has 0 heterocycles. The molecule has 1 aliphatic carbocycles. The van der Waals surface area contributed by atoms with Crippen LogP contribution in [0.5, 0.6) is 0 Å². The molecular formula is C15H19F2NO3.